The van der Waals surface area contributed by atoms with E-state index in [4.69, 9.17) is 28.9 Å². The van der Waals surface area contributed by atoms with Crippen molar-refractivity contribution in [2.24, 2.45) is 11.7 Å². The highest BCUT2D eigenvalue weighted by Crippen LogP contribution is 2.33. The molecule has 2 aliphatic rings. The lowest BCUT2D eigenvalue weighted by Crippen LogP contribution is -2.35. The van der Waals surface area contributed by atoms with Crippen LogP contribution in [-0.4, -0.2) is 39.7 Å². The average molecular weight is 393 g/mol. The minimum absolute atomic E-state index is 0.00966. The largest absolute Gasteiger partial charge is 0.334 e. The summed E-state index contributed by atoms with van der Waals surface area (Å²) in [6.07, 6.45) is 3.76. The van der Waals surface area contributed by atoms with Gasteiger partial charge in [-0.2, -0.15) is 5.10 Å². The Morgan fingerprint density at radius 3 is 2.85 bits per heavy atom. The van der Waals surface area contributed by atoms with Crippen LogP contribution in [0.15, 0.2) is 18.2 Å². The highest BCUT2D eigenvalue weighted by Gasteiger charge is 2.36. The third-order valence-electron chi connectivity index (χ3n) is 5.53. The number of halogens is 2. The molecule has 2 N–H and O–H groups in total. The predicted molar refractivity (Wildman–Crippen MR) is 103 cm³/mol. The first-order valence-corrected chi connectivity index (χ1v) is 9.82. The van der Waals surface area contributed by atoms with Gasteiger partial charge in [0, 0.05) is 28.9 Å². The van der Waals surface area contributed by atoms with Gasteiger partial charge in [-0.3, -0.25) is 4.79 Å². The number of nitrogens with two attached hydrogens (primary N) is 1. The van der Waals surface area contributed by atoms with Crippen molar-refractivity contribution in [3.05, 3.63) is 45.2 Å². The van der Waals surface area contributed by atoms with Crippen LogP contribution in [0.4, 0.5) is 0 Å². The second-order valence-electron chi connectivity index (χ2n) is 7.28. The molecular weight excluding hydrogens is 371 g/mol. The number of carbonyl (C=O) groups is 1. The van der Waals surface area contributed by atoms with Crippen LogP contribution in [0.3, 0.4) is 0 Å². The van der Waals surface area contributed by atoms with Crippen molar-refractivity contribution in [2.75, 3.05) is 13.1 Å². The van der Waals surface area contributed by atoms with Crippen molar-refractivity contribution < 1.29 is 4.79 Å². The Balaban J connectivity index is 1.74. The van der Waals surface area contributed by atoms with E-state index < -0.39 is 0 Å². The average Bonchev–Trinajstić information content (AvgIpc) is 3.29. The van der Waals surface area contributed by atoms with Crippen LogP contribution in [0.2, 0.25) is 10.0 Å². The fraction of sp³-hybridized carbons (Fsp3) is 0.474. The van der Waals surface area contributed by atoms with Crippen molar-refractivity contribution in [1.29, 1.82) is 0 Å². The van der Waals surface area contributed by atoms with E-state index in [-0.39, 0.29) is 11.9 Å². The van der Waals surface area contributed by atoms with Crippen molar-refractivity contribution >= 4 is 29.1 Å². The molecule has 0 spiro atoms. The van der Waals surface area contributed by atoms with E-state index in [0.717, 1.165) is 42.6 Å². The minimum Gasteiger partial charge on any atom is -0.334 e. The van der Waals surface area contributed by atoms with Crippen molar-refractivity contribution in [3.8, 4) is 5.69 Å². The summed E-state index contributed by atoms with van der Waals surface area (Å²) in [5.74, 6) is 0.380. The molecule has 138 valence electrons. The highest BCUT2D eigenvalue weighted by molar-refractivity contribution is 6.35. The Morgan fingerprint density at radius 2 is 2.15 bits per heavy atom. The normalized spacial score (nSPS) is 22.1. The lowest BCUT2D eigenvalue weighted by Gasteiger charge is -2.20. The Kier molecular flexibility index (Phi) is 4.71. The lowest BCUT2D eigenvalue weighted by molar-refractivity contribution is 0.0736. The number of hydrogen-bond donors (Lipinski definition) is 1. The Morgan fingerprint density at radius 1 is 1.35 bits per heavy atom. The fourth-order valence-electron chi connectivity index (χ4n) is 4.19. The summed E-state index contributed by atoms with van der Waals surface area (Å²) >= 11 is 12.4. The molecule has 1 aromatic heterocycles. The molecule has 2 heterocycles. The molecule has 1 fully saturated rings. The molecule has 0 bridgehead atoms. The quantitative estimate of drug-likeness (QED) is 0.869. The maximum absolute atomic E-state index is 13.2. The first-order valence-electron chi connectivity index (χ1n) is 9.06. The monoisotopic (exact) mass is 392 g/mol. The Labute approximate surface area is 163 Å². The molecule has 2 aromatic rings. The third-order valence-corrected chi connectivity index (χ3v) is 6.06. The molecule has 0 saturated carbocycles. The number of hydrogen-bond acceptors (Lipinski definition) is 3. The van der Waals surface area contributed by atoms with Crippen LogP contribution in [0.25, 0.3) is 5.69 Å². The van der Waals surface area contributed by atoms with Gasteiger partial charge in [-0.15, -0.1) is 0 Å². The summed E-state index contributed by atoms with van der Waals surface area (Å²) < 4.78 is 1.83. The van der Waals surface area contributed by atoms with Crippen LogP contribution in [0, 0.1) is 5.92 Å². The molecule has 1 aliphatic heterocycles. The van der Waals surface area contributed by atoms with E-state index in [2.05, 4.69) is 12.0 Å². The van der Waals surface area contributed by atoms with Crippen molar-refractivity contribution in [3.63, 3.8) is 0 Å². The smallest absolute Gasteiger partial charge is 0.274 e. The zero-order valence-corrected chi connectivity index (χ0v) is 16.2. The van der Waals surface area contributed by atoms with E-state index in [1.54, 1.807) is 12.1 Å². The number of amides is 1. The topological polar surface area (TPSA) is 64.2 Å². The van der Waals surface area contributed by atoms with Crippen LogP contribution >= 0.6 is 23.2 Å². The third kappa shape index (κ3) is 2.92. The summed E-state index contributed by atoms with van der Waals surface area (Å²) in [5, 5.41) is 5.80. The summed E-state index contributed by atoms with van der Waals surface area (Å²) in [6.45, 7) is 3.40. The summed E-state index contributed by atoms with van der Waals surface area (Å²) in [4.78, 5) is 15.1. The first kappa shape index (κ1) is 17.8. The maximum Gasteiger partial charge on any atom is 0.274 e. The van der Waals surface area contributed by atoms with E-state index in [0.29, 0.717) is 34.7 Å². The summed E-state index contributed by atoms with van der Waals surface area (Å²) in [5.41, 5.74) is 9.29. The molecule has 2 unspecified atom stereocenters. The minimum atomic E-state index is 0.00966. The van der Waals surface area contributed by atoms with Gasteiger partial charge in [-0.25, -0.2) is 4.68 Å². The van der Waals surface area contributed by atoms with Crippen molar-refractivity contribution in [1.82, 2.24) is 14.7 Å². The van der Waals surface area contributed by atoms with Crippen LogP contribution in [0.5, 0.6) is 0 Å². The fourth-order valence-corrected chi connectivity index (χ4v) is 4.68. The molecule has 26 heavy (non-hydrogen) atoms. The van der Waals surface area contributed by atoms with E-state index in [9.17, 15) is 4.79 Å². The second kappa shape index (κ2) is 6.87. The number of benzene rings is 1. The van der Waals surface area contributed by atoms with Gasteiger partial charge in [0.25, 0.3) is 5.91 Å². The maximum atomic E-state index is 13.2. The van der Waals surface area contributed by atoms with Gasteiger partial charge in [0.1, 0.15) is 0 Å². The molecule has 1 aliphatic carbocycles. The van der Waals surface area contributed by atoms with Gasteiger partial charge in [0.2, 0.25) is 0 Å². The molecule has 0 radical (unpaired) electrons. The van der Waals surface area contributed by atoms with Crippen molar-refractivity contribution in [2.45, 2.75) is 38.6 Å². The molecule has 1 amide bonds. The van der Waals surface area contributed by atoms with Gasteiger partial charge in [-0.05, 0) is 63.3 Å². The van der Waals surface area contributed by atoms with Crippen LogP contribution in [-0.2, 0) is 12.8 Å². The molecule has 1 aromatic carbocycles. The van der Waals surface area contributed by atoms with Crippen LogP contribution < -0.4 is 5.73 Å². The number of rotatable bonds is 3. The first-order chi connectivity index (χ1) is 12.5. The second-order valence-corrected chi connectivity index (χ2v) is 8.12. The lowest BCUT2D eigenvalue weighted by atomic mass is 10.1. The molecule has 5 nitrogen and oxygen atoms in total. The number of carbonyl (C=O) groups excluding carboxylic acids is 1. The van der Waals surface area contributed by atoms with Gasteiger partial charge in [0.15, 0.2) is 5.69 Å². The van der Waals surface area contributed by atoms with Gasteiger partial charge < -0.3 is 10.6 Å². The Bertz CT molecular complexity index is 863. The predicted octanol–water partition coefficient (Wildman–Crippen LogP) is 3.48. The van der Waals surface area contributed by atoms with Crippen LogP contribution in [0.1, 0.15) is 41.5 Å². The molecule has 4 rings (SSSR count). The molecule has 1 saturated heterocycles. The number of nitrogens with zero attached hydrogens (tertiary/aromatic N) is 3. The molecular formula is C19H22Cl2N4O. The van der Waals surface area contributed by atoms with E-state index >= 15 is 0 Å². The Hall–Kier alpha value is -1.56. The summed E-state index contributed by atoms with van der Waals surface area (Å²) in [7, 11) is 0. The standard InChI is InChI=1S/C19H22Cl2N4O/c1-11-7-12(9-22)10-24(11)19(26)18-14-3-2-4-16(14)25(23-18)17-6-5-13(20)8-15(17)21/h5-6,8,11-12H,2-4,7,9-10,22H2,1H3. The molecule has 7 heteroatoms. The SMILES string of the molecule is CC1CC(CN)CN1C(=O)c1nn(-c2ccc(Cl)cc2Cl)c2c1CCC2. The summed E-state index contributed by atoms with van der Waals surface area (Å²) in [6, 6.07) is 5.55. The number of aromatic nitrogens is 2. The highest BCUT2D eigenvalue weighted by atomic mass is 35.5. The van der Waals surface area contributed by atoms with E-state index in [1.165, 1.54) is 0 Å². The molecule has 2 atom stereocenters. The zero-order valence-electron chi connectivity index (χ0n) is 14.7. The van der Waals surface area contributed by atoms with Gasteiger partial charge >= 0.3 is 0 Å². The number of fused-ring (bicyclic) bond motifs is 1. The number of likely N-dealkylation sites (tertiary alicyclic amines) is 1. The van der Waals surface area contributed by atoms with Gasteiger partial charge in [0.05, 0.1) is 10.7 Å². The van der Waals surface area contributed by atoms with Gasteiger partial charge in [-0.1, -0.05) is 23.2 Å². The zero-order chi connectivity index (χ0) is 18.4. The van der Waals surface area contributed by atoms with E-state index in [1.807, 2.05) is 15.6 Å².